The summed E-state index contributed by atoms with van der Waals surface area (Å²) in [7, 11) is 0. The second kappa shape index (κ2) is 6.27. The lowest BCUT2D eigenvalue weighted by Crippen LogP contribution is -2.15. The predicted molar refractivity (Wildman–Crippen MR) is 89.4 cm³/mol. The van der Waals surface area contributed by atoms with E-state index in [0.29, 0.717) is 11.1 Å². The number of nitrogens with one attached hydrogen (secondary N) is 1. The molecule has 0 saturated heterocycles. The maximum absolute atomic E-state index is 12.5. The van der Waals surface area contributed by atoms with E-state index in [1.807, 2.05) is 26.0 Å². The fraction of sp³-hybridized carbons (Fsp3) is 0.188. The largest absolute Gasteiger partial charge is 0.321 e. The van der Waals surface area contributed by atoms with Gasteiger partial charge >= 0.3 is 0 Å². The van der Waals surface area contributed by atoms with Gasteiger partial charge in [0.1, 0.15) is 0 Å². The molecular formula is C16H15BrN2O3. The summed E-state index contributed by atoms with van der Waals surface area (Å²) in [4.78, 5) is 22.9. The van der Waals surface area contributed by atoms with Crippen molar-refractivity contribution < 1.29 is 9.72 Å². The Hall–Kier alpha value is -2.21. The molecule has 1 N–H and O–H groups in total. The third kappa shape index (κ3) is 3.17. The molecule has 2 aromatic rings. The Kier molecular flexibility index (Phi) is 4.61. The van der Waals surface area contributed by atoms with Crippen molar-refractivity contribution in [3.8, 4) is 0 Å². The summed E-state index contributed by atoms with van der Waals surface area (Å²) in [5.74, 6) is -0.352. The zero-order valence-electron chi connectivity index (χ0n) is 12.4. The first-order chi connectivity index (χ1) is 10.3. The lowest BCUT2D eigenvalue weighted by molar-refractivity contribution is -0.385. The molecule has 0 heterocycles. The maximum atomic E-state index is 12.5. The van der Waals surface area contributed by atoms with Crippen LogP contribution in [0.2, 0.25) is 0 Å². The number of hydrogen-bond donors (Lipinski definition) is 1. The first-order valence-corrected chi connectivity index (χ1v) is 7.42. The summed E-state index contributed by atoms with van der Waals surface area (Å²) < 4.78 is 0.937. The number of halogens is 1. The van der Waals surface area contributed by atoms with Crippen molar-refractivity contribution in [2.45, 2.75) is 20.8 Å². The number of amides is 1. The summed E-state index contributed by atoms with van der Waals surface area (Å²) in [5.41, 5.74) is 3.16. The number of rotatable bonds is 3. The van der Waals surface area contributed by atoms with Crippen LogP contribution in [0.25, 0.3) is 0 Å². The average Bonchev–Trinajstić information content (AvgIpc) is 2.42. The molecule has 0 spiro atoms. The summed E-state index contributed by atoms with van der Waals surface area (Å²) >= 11 is 3.41. The van der Waals surface area contributed by atoms with Crippen LogP contribution < -0.4 is 5.32 Å². The highest BCUT2D eigenvalue weighted by Gasteiger charge is 2.19. The molecule has 5 nitrogen and oxygen atoms in total. The normalized spacial score (nSPS) is 10.4. The van der Waals surface area contributed by atoms with E-state index >= 15 is 0 Å². The first kappa shape index (κ1) is 16.2. The van der Waals surface area contributed by atoms with Gasteiger partial charge in [-0.25, -0.2) is 0 Å². The fourth-order valence-electron chi connectivity index (χ4n) is 2.36. The molecule has 6 heteroatoms. The molecule has 0 bridgehead atoms. The molecule has 0 radical (unpaired) electrons. The summed E-state index contributed by atoms with van der Waals surface area (Å²) in [6.45, 7) is 5.37. The molecule has 0 aliphatic carbocycles. The lowest BCUT2D eigenvalue weighted by Gasteiger charge is -2.13. The minimum atomic E-state index is -0.484. The van der Waals surface area contributed by atoms with Crippen LogP contribution in [0.15, 0.2) is 34.8 Å². The van der Waals surface area contributed by atoms with Gasteiger partial charge in [0, 0.05) is 27.4 Å². The van der Waals surface area contributed by atoms with Crippen LogP contribution >= 0.6 is 15.9 Å². The third-order valence-corrected chi connectivity index (χ3v) is 3.94. The highest BCUT2D eigenvalue weighted by atomic mass is 79.9. The number of nitrogens with zero attached hydrogens (tertiary/aromatic N) is 1. The van der Waals surface area contributed by atoms with Gasteiger partial charge in [-0.05, 0) is 50.1 Å². The molecule has 0 fully saturated rings. The van der Waals surface area contributed by atoms with Crippen molar-refractivity contribution in [1.29, 1.82) is 0 Å². The second-order valence-corrected chi connectivity index (χ2v) is 5.99. The number of aryl methyl sites for hydroxylation is 2. The molecule has 0 saturated carbocycles. The monoisotopic (exact) mass is 362 g/mol. The Morgan fingerprint density at radius 3 is 2.32 bits per heavy atom. The zero-order chi connectivity index (χ0) is 16.4. The number of benzene rings is 2. The first-order valence-electron chi connectivity index (χ1n) is 6.63. The van der Waals surface area contributed by atoms with Gasteiger partial charge in [0.05, 0.1) is 4.92 Å². The average molecular weight is 363 g/mol. The van der Waals surface area contributed by atoms with Crippen molar-refractivity contribution in [2.24, 2.45) is 0 Å². The van der Waals surface area contributed by atoms with Gasteiger partial charge < -0.3 is 5.32 Å². The Labute approximate surface area is 136 Å². The van der Waals surface area contributed by atoms with Crippen molar-refractivity contribution in [3.63, 3.8) is 0 Å². The molecule has 0 aromatic heterocycles. The van der Waals surface area contributed by atoms with Crippen molar-refractivity contribution in [3.05, 3.63) is 67.2 Å². The van der Waals surface area contributed by atoms with Crippen LogP contribution in [-0.4, -0.2) is 10.8 Å². The molecule has 114 valence electrons. The molecule has 0 atom stereocenters. The number of carbonyl (C=O) groups is 1. The summed E-state index contributed by atoms with van der Waals surface area (Å²) in [6, 6.07) is 8.30. The van der Waals surface area contributed by atoms with E-state index in [-0.39, 0.29) is 11.6 Å². The number of nitro groups is 1. The van der Waals surface area contributed by atoms with E-state index < -0.39 is 4.92 Å². The quantitative estimate of drug-likeness (QED) is 0.643. The van der Waals surface area contributed by atoms with E-state index in [0.717, 1.165) is 21.3 Å². The van der Waals surface area contributed by atoms with Gasteiger partial charge in [0.15, 0.2) is 0 Å². The molecule has 2 rings (SSSR count). The molecule has 1 amide bonds. The van der Waals surface area contributed by atoms with Crippen molar-refractivity contribution in [1.82, 2.24) is 0 Å². The Balaban J connectivity index is 2.39. The molecule has 0 aliphatic rings. The Morgan fingerprint density at radius 2 is 1.77 bits per heavy atom. The molecule has 0 unspecified atom stereocenters. The van der Waals surface area contributed by atoms with E-state index in [4.69, 9.17) is 0 Å². The van der Waals surface area contributed by atoms with Crippen LogP contribution in [0.4, 0.5) is 11.4 Å². The SMILES string of the molecule is Cc1cc(Br)cc(C)c1NC(=O)c1cccc([N+](=O)[O-])c1C. The maximum Gasteiger partial charge on any atom is 0.273 e. The van der Waals surface area contributed by atoms with Crippen LogP contribution in [0.3, 0.4) is 0 Å². The van der Waals surface area contributed by atoms with Crippen LogP contribution in [-0.2, 0) is 0 Å². The van der Waals surface area contributed by atoms with Gasteiger partial charge in [0.25, 0.3) is 11.6 Å². The summed E-state index contributed by atoms with van der Waals surface area (Å²) in [5, 5.41) is 13.8. The zero-order valence-corrected chi connectivity index (χ0v) is 14.0. The fourth-order valence-corrected chi connectivity index (χ4v) is 3.04. The van der Waals surface area contributed by atoms with Crippen molar-refractivity contribution in [2.75, 3.05) is 5.32 Å². The minimum Gasteiger partial charge on any atom is -0.321 e. The number of nitro benzene ring substituents is 1. The van der Waals surface area contributed by atoms with Gasteiger partial charge in [-0.2, -0.15) is 0 Å². The molecular weight excluding hydrogens is 348 g/mol. The van der Waals surface area contributed by atoms with E-state index in [2.05, 4.69) is 21.2 Å². The van der Waals surface area contributed by atoms with Gasteiger partial charge in [0.2, 0.25) is 0 Å². The van der Waals surface area contributed by atoms with E-state index in [1.54, 1.807) is 13.0 Å². The second-order valence-electron chi connectivity index (χ2n) is 5.08. The topological polar surface area (TPSA) is 72.2 Å². The van der Waals surface area contributed by atoms with E-state index in [9.17, 15) is 14.9 Å². The predicted octanol–water partition coefficient (Wildman–Crippen LogP) is 4.53. The van der Waals surface area contributed by atoms with Crippen molar-refractivity contribution >= 4 is 33.2 Å². The third-order valence-electron chi connectivity index (χ3n) is 3.48. The van der Waals surface area contributed by atoms with E-state index in [1.165, 1.54) is 12.1 Å². The van der Waals surface area contributed by atoms with Crippen LogP contribution in [0.5, 0.6) is 0 Å². The minimum absolute atomic E-state index is 0.0584. The Bertz CT molecular complexity index is 749. The van der Waals surface area contributed by atoms with Crippen LogP contribution in [0.1, 0.15) is 27.0 Å². The van der Waals surface area contributed by atoms with Gasteiger partial charge in [-0.15, -0.1) is 0 Å². The number of anilines is 1. The molecule has 0 aliphatic heterocycles. The van der Waals surface area contributed by atoms with Gasteiger partial charge in [-0.3, -0.25) is 14.9 Å². The van der Waals surface area contributed by atoms with Crippen LogP contribution in [0, 0.1) is 30.9 Å². The lowest BCUT2D eigenvalue weighted by atomic mass is 10.0. The highest BCUT2D eigenvalue weighted by molar-refractivity contribution is 9.10. The smallest absolute Gasteiger partial charge is 0.273 e. The highest BCUT2D eigenvalue weighted by Crippen LogP contribution is 2.27. The van der Waals surface area contributed by atoms with Gasteiger partial charge in [-0.1, -0.05) is 22.0 Å². The number of hydrogen-bond acceptors (Lipinski definition) is 3. The summed E-state index contributed by atoms with van der Waals surface area (Å²) in [6.07, 6.45) is 0. The standard InChI is InChI=1S/C16H15BrN2O3/c1-9-7-12(17)8-10(2)15(9)18-16(20)13-5-4-6-14(11(13)3)19(21)22/h4-8H,1-3H3,(H,18,20). The number of carbonyl (C=O) groups excluding carboxylic acids is 1. The molecule has 2 aromatic carbocycles. The Morgan fingerprint density at radius 1 is 1.18 bits per heavy atom. The molecule has 22 heavy (non-hydrogen) atoms.